The Kier molecular flexibility index (Phi) is 3.28. The zero-order valence-corrected chi connectivity index (χ0v) is 10.4. The molecule has 1 atom stereocenters. The van der Waals surface area contributed by atoms with Crippen LogP contribution in [0.4, 0.5) is 10.1 Å². The van der Waals surface area contributed by atoms with Gasteiger partial charge < -0.3 is 16.2 Å². The number of carboxylic acid groups (broad SMARTS) is 1. The van der Waals surface area contributed by atoms with Crippen molar-refractivity contribution in [3.63, 3.8) is 0 Å². The standard InChI is InChI=1S/C13H15FN2O3/c1-13(15,7-2-3-7)12(19)16-8-4-5-10(14)9(6-8)11(17)18/h4-7H,2-3,15H2,1H3,(H,16,19)(H,17,18). The highest BCUT2D eigenvalue weighted by Crippen LogP contribution is 2.38. The van der Waals surface area contributed by atoms with Gasteiger partial charge in [0.1, 0.15) is 5.82 Å². The van der Waals surface area contributed by atoms with Crippen LogP contribution in [0.25, 0.3) is 0 Å². The number of halogens is 1. The smallest absolute Gasteiger partial charge is 0.338 e. The number of carboxylic acids is 1. The van der Waals surface area contributed by atoms with E-state index in [4.69, 9.17) is 10.8 Å². The summed E-state index contributed by atoms with van der Waals surface area (Å²) in [5.41, 5.74) is 4.69. The van der Waals surface area contributed by atoms with Crippen LogP contribution in [0.3, 0.4) is 0 Å². The van der Waals surface area contributed by atoms with Crippen molar-refractivity contribution in [2.45, 2.75) is 25.3 Å². The van der Waals surface area contributed by atoms with Gasteiger partial charge >= 0.3 is 5.97 Å². The van der Waals surface area contributed by atoms with Gasteiger partial charge in [0.05, 0.1) is 11.1 Å². The van der Waals surface area contributed by atoms with Gasteiger partial charge in [0.25, 0.3) is 0 Å². The molecule has 1 unspecified atom stereocenters. The number of hydrogen-bond donors (Lipinski definition) is 3. The predicted molar refractivity (Wildman–Crippen MR) is 67.3 cm³/mol. The van der Waals surface area contributed by atoms with Gasteiger partial charge in [0.2, 0.25) is 5.91 Å². The molecule has 1 aromatic carbocycles. The minimum atomic E-state index is -1.38. The molecule has 1 fully saturated rings. The molecule has 0 aromatic heterocycles. The maximum Gasteiger partial charge on any atom is 0.338 e. The molecule has 1 aliphatic carbocycles. The van der Waals surface area contributed by atoms with Gasteiger partial charge in [0, 0.05) is 5.69 Å². The van der Waals surface area contributed by atoms with Crippen molar-refractivity contribution in [3.05, 3.63) is 29.6 Å². The lowest BCUT2D eigenvalue weighted by molar-refractivity contribution is -0.121. The topological polar surface area (TPSA) is 92.4 Å². The molecule has 0 heterocycles. The number of aromatic carboxylic acids is 1. The van der Waals surface area contributed by atoms with Crippen LogP contribution in [0, 0.1) is 11.7 Å². The van der Waals surface area contributed by atoms with E-state index < -0.39 is 28.8 Å². The first-order valence-corrected chi connectivity index (χ1v) is 5.95. The van der Waals surface area contributed by atoms with Crippen molar-refractivity contribution < 1.29 is 19.1 Å². The molecule has 6 heteroatoms. The zero-order chi connectivity index (χ0) is 14.2. The number of hydrogen-bond acceptors (Lipinski definition) is 3. The fourth-order valence-electron chi connectivity index (χ4n) is 1.90. The van der Waals surface area contributed by atoms with Gasteiger partial charge in [-0.15, -0.1) is 0 Å². The maximum atomic E-state index is 13.2. The van der Waals surface area contributed by atoms with E-state index in [2.05, 4.69) is 5.32 Å². The van der Waals surface area contributed by atoms with Crippen molar-refractivity contribution in [2.24, 2.45) is 11.7 Å². The Hall–Kier alpha value is -1.95. The van der Waals surface area contributed by atoms with Crippen LogP contribution in [0.15, 0.2) is 18.2 Å². The summed E-state index contributed by atoms with van der Waals surface area (Å²) in [5, 5.41) is 11.3. The largest absolute Gasteiger partial charge is 0.478 e. The number of carbonyl (C=O) groups excluding carboxylic acids is 1. The number of benzene rings is 1. The summed E-state index contributed by atoms with van der Waals surface area (Å²) < 4.78 is 13.2. The first kappa shape index (κ1) is 13.5. The SMILES string of the molecule is CC(N)(C(=O)Nc1ccc(F)c(C(=O)O)c1)C1CC1. The third-order valence-electron chi connectivity index (χ3n) is 3.37. The lowest BCUT2D eigenvalue weighted by Gasteiger charge is -2.23. The fraction of sp³-hybridized carbons (Fsp3) is 0.385. The summed E-state index contributed by atoms with van der Waals surface area (Å²) >= 11 is 0. The highest BCUT2D eigenvalue weighted by atomic mass is 19.1. The van der Waals surface area contributed by atoms with Crippen LogP contribution < -0.4 is 11.1 Å². The third kappa shape index (κ3) is 2.73. The number of anilines is 1. The van der Waals surface area contributed by atoms with Crippen molar-refractivity contribution in [1.82, 2.24) is 0 Å². The van der Waals surface area contributed by atoms with E-state index in [1.165, 1.54) is 6.07 Å². The van der Waals surface area contributed by atoms with Gasteiger partial charge in [-0.3, -0.25) is 4.79 Å². The van der Waals surface area contributed by atoms with Crippen LogP contribution in [-0.4, -0.2) is 22.5 Å². The second kappa shape index (κ2) is 4.62. The number of nitrogens with two attached hydrogens (primary N) is 1. The number of carbonyl (C=O) groups is 2. The van der Waals surface area contributed by atoms with Crippen LogP contribution >= 0.6 is 0 Å². The van der Waals surface area contributed by atoms with Gasteiger partial charge in [-0.25, -0.2) is 9.18 Å². The highest BCUT2D eigenvalue weighted by molar-refractivity contribution is 5.99. The average Bonchev–Trinajstić information content (AvgIpc) is 3.15. The summed E-state index contributed by atoms with van der Waals surface area (Å²) in [6.45, 7) is 1.64. The van der Waals surface area contributed by atoms with Gasteiger partial charge in [-0.1, -0.05) is 0 Å². The van der Waals surface area contributed by atoms with Gasteiger partial charge in [0.15, 0.2) is 0 Å². The molecule has 0 spiro atoms. The van der Waals surface area contributed by atoms with Crippen molar-refractivity contribution in [1.29, 1.82) is 0 Å². The Balaban J connectivity index is 2.17. The van der Waals surface area contributed by atoms with Crippen LogP contribution in [0.2, 0.25) is 0 Å². The molecule has 102 valence electrons. The van der Waals surface area contributed by atoms with Crippen molar-refractivity contribution in [2.75, 3.05) is 5.32 Å². The molecule has 2 rings (SSSR count). The van der Waals surface area contributed by atoms with E-state index in [0.717, 1.165) is 25.0 Å². The van der Waals surface area contributed by atoms with Crippen molar-refractivity contribution in [3.8, 4) is 0 Å². The second-order valence-corrected chi connectivity index (χ2v) is 5.01. The Bertz CT molecular complexity index is 539. The number of rotatable bonds is 4. The van der Waals surface area contributed by atoms with E-state index in [0.29, 0.717) is 0 Å². The Labute approximate surface area is 109 Å². The van der Waals surface area contributed by atoms with E-state index in [1.54, 1.807) is 6.92 Å². The van der Waals surface area contributed by atoms with E-state index in [9.17, 15) is 14.0 Å². The monoisotopic (exact) mass is 266 g/mol. The number of amides is 1. The molecule has 1 aromatic rings. The van der Waals surface area contributed by atoms with Crippen LogP contribution in [0.5, 0.6) is 0 Å². The quantitative estimate of drug-likeness (QED) is 0.771. The first-order valence-electron chi connectivity index (χ1n) is 5.95. The Morgan fingerprint density at radius 1 is 1.47 bits per heavy atom. The minimum Gasteiger partial charge on any atom is -0.478 e. The average molecular weight is 266 g/mol. The van der Waals surface area contributed by atoms with Gasteiger partial charge in [-0.05, 0) is 43.9 Å². The predicted octanol–water partition coefficient (Wildman–Crippen LogP) is 1.59. The normalized spacial score (nSPS) is 17.6. The maximum absolute atomic E-state index is 13.2. The molecule has 0 radical (unpaired) electrons. The van der Waals surface area contributed by atoms with E-state index >= 15 is 0 Å². The molecule has 4 N–H and O–H groups in total. The molecular weight excluding hydrogens is 251 g/mol. The lowest BCUT2D eigenvalue weighted by Crippen LogP contribution is -2.50. The Morgan fingerprint density at radius 2 is 2.11 bits per heavy atom. The minimum absolute atomic E-state index is 0.145. The summed E-state index contributed by atoms with van der Waals surface area (Å²) in [7, 11) is 0. The molecule has 0 bridgehead atoms. The number of nitrogens with one attached hydrogen (secondary N) is 1. The van der Waals surface area contributed by atoms with E-state index in [1.807, 2.05) is 0 Å². The zero-order valence-electron chi connectivity index (χ0n) is 10.4. The molecule has 1 amide bonds. The highest BCUT2D eigenvalue weighted by Gasteiger charge is 2.44. The van der Waals surface area contributed by atoms with Crippen molar-refractivity contribution >= 4 is 17.6 Å². The molecular formula is C13H15FN2O3. The lowest BCUT2D eigenvalue weighted by atomic mass is 9.96. The molecule has 5 nitrogen and oxygen atoms in total. The molecule has 19 heavy (non-hydrogen) atoms. The summed E-state index contributed by atoms with van der Waals surface area (Å²) in [5.74, 6) is -2.47. The summed E-state index contributed by atoms with van der Waals surface area (Å²) in [4.78, 5) is 22.8. The second-order valence-electron chi connectivity index (χ2n) is 5.01. The molecule has 1 aliphatic rings. The van der Waals surface area contributed by atoms with Crippen LogP contribution in [0.1, 0.15) is 30.1 Å². The summed E-state index contributed by atoms with van der Waals surface area (Å²) in [6, 6.07) is 3.39. The van der Waals surface area contributed by atoms with E-state index in [-0.39, 0.29) is 11.6 Å². The Morgan fingerprint density at radius 3 is 2.63 bits per heavy atom. The van der Waals surface area contributed by atoms with Gasteiger partial charge in [-0.2, -0.15) is 0 Å². The fourth-order valence-corrected chi connectivity index (χ4v) is 1.90. The molecule has 1 saturated carbocycles. The summed E-state index contributed by atoms with van der Waals surface area (Å²) in [6.07, 6.45) is 1.81. The molecule has 0 saturated heterocycles. The molecule has 0 aliphatic heterocycles. The first-order chi connectivity index (χ1) is 8.82. The van der Waals surface area contributed by atoms with Crippen LogP contribution in [-0.2, 0) is 4.79 Å². The third-order valence-corrected chi connectivity index (χ3v) is 3.37.